The third kappa shape index (κ3) is 4.09. The number of aryl methyl sites for hydroxylation is 1. The number of pyridine rings is 1. The normalized spacial score (nSPS) is 12.0. The molecule has 2 rings (SSSR count). The van der Waals surface area contributed by atoms with Crippen LogP contribution in [0.15, 0.2) is 47.4 Å². The lowest BCUT2D eigenvalue weighted by Crippen LogP contribution is -2.42. The van der Waals surface area contributed by atoms with E-state index in [1.807, 2.05) is 25.1 Å². The number of carbonyl (C=O) groups is 1. The maximum absolute atomic E-state index is 12.8. The van der Waals surface area contributed by atoms with Crippen molar-refractivity contribution in [2.75, 3.05) is 6.54 Å². The summed E-state index contributed by atoms with van der Waals surface area (Å²) in [6, 6.07) is 11.7. The van der Waals surface area contributed by atoms with Gasteiger partial charge >= 0.3 is 0 Å². The molecule has 122 valence electrons. The van der Waals surface area contributed by atoms with E-state index in [1.165, 1.54) is 17.8 Å². The van der Waals surface area contributed by atoms with Crippen molar-refractivity contribution in [3.05, 3.63) is 69.6 Å². The van der Waals surface area contributed by atoms with Gasteiger partial charge in [0.1, 0.15) is 5.56 Å². The Morgan fingerprint density at radius 3 is 2.48 bits per heavy atom. The summed E-state index contributed by atoms with van der Waals surface area (Å²) < 4.78 is 0. The molecule has 0 saturated heterocycles. The van der Waals surface area contributed by atoms with Crippen molar-refractivity contribution in [1.29, 1.82) is 0 Å². The van der Waals surface area contributed by atoms with Crippen molar-refractivity contribution in [2.24, 2.45) is 0 Å². The lowest BCUT2D eigenvalue weighted by atomic mass is 10.0. The molecule has 1 N–H and O–H groups in total. The summed E-state index contributed by atoms with van der Waals surface area (Å²) in [7, 11) is 0. The molecule has 23 heavy (non-hydrogen) atoms. The van der Waals surface area contributed by atoms with Crippen molar-refractivity contribution in [2.45, 2.75) is 39.7 Å². The van der Waals surface area contributed by atoms with Crippen LogP contribution < -0.4 is 5.43 Å². The maximum Gasteiger partial charge on any atom is 0.259 e. The molecule has 1 unspecified atom stereocenters. The van der Waals surface area contributed by atoms with E-state index in [4.69, 9.17) is 0 Å². The van der Waals surface area contributed by atoms with E-state index in [0.29, 0.717) is 6.54 Å². The Hall–Kier alpha value is -2.36. The molecule has 1 atom stereocenters. The number of rotatable bonds is 6. The van der Waals surface area contributed by atoms with E-state index in [9.17, 15) is 9.59 Å². The monoisotopic (exact) mass is 312 g/mol. The second kappa shape index (κ2) is 7.77. The van der Waals surface area contributed by atoms with E-state index in [2.05, 4.69) is 24.0 Å². The van der Waals surface area contributed by atoms with Gasteiger partial charge in [0.25, 0.3) is 5.91 Å². The third-order valence-electron chi connectivity index (χ3n) is 4.12. The minimum atomic E-state index is -0.223. The van der Waals surface area contributed by atoms with E-state index in [-0.39, 0.29) is 22.9 Å². The van der Waals surface area contributed by atoms with Gasteiger partial charge in [0.2, 0.25) is 0 Å². The van der Waals surface area contributed by atoms with Crippen molar-refractivity contribution in [3.63, 3.8) is 0 Å². The molecule has 0 spiro atoms. The first-order valence-corrected chi connectivity index (χ1v) is 8.11. The molecule has 0 radical (unpaired) electrons. The number of aromatic nitrogens is 1. The predicted molar refractivity (Wildman–Crippen MR) is 92.7 cm³/mol. The molecule has 0 aliphatic rings. The molecule has 2 aromatic rings. The number of amides is 1. The van der Waals surface area contributed by atoms with Crippen LogP contribution in [0.4, 0.5) is 0 Å². The largest absolute Gasteiger partial charge is 0.364 e. The standard InChI is InChI=1S/C19H24N2O2/c1-4-16(12-15-9-7-6-8-10-15)21(5-2)19(23)17-13-20-14(3)11-18(17)22/h6-11,13,16H,4-5,12H2,1-3H3,(H,20,22). The van der Waals surface area contributed by atoms with Crippen LogP contribution in [0.1, 0.15) is 41.9 Å². The van der Waals surface area contributed by atoms with Gasteiger partial charge in [-0.15, -0.1) is 0 Å². The zero-order valence-corrected chi connectivity index (χ0v) is 14.0. The molecule has 1 amide bonds. The Kier molecular flexibility index (Phi) is 5.74. The summed E-state index contributed by atoms with van der Waals surface area (Å²) in [5, 5.41) is 0. The number of nitrogens with one attached hydrogen (secondary N) is 1. The number of hydrogen-bond acceptors (Lipinski definition) is 2. The first-order chi connectivity index (χ1) is 11.1. The van der Waals surface area contributed by atoms with Crippen LogP contribution in [0.2, 0.25) is 0 Å². The number of likely N-dealkylation sites (N-methyl/N-ethyl adjacent to an activating group) is 1. The van der Waals surface area contributed by atoms with Gasteiger partial charge in [0, 0.05) is 30.5 Å². The molecule has 0 aliphatic carbocycles. The van der Waals surface area contributed by atoms with Crippen molar-refractivity contribution < 1.29 is 4.79 Å². The predicted octanol–water partition coefficient (Wildman–Crippen LogP) is 3.17. The maximum atomic E-state index is 12.8. The van der Waals surface area contributed by atoms with Gasteiger partial charge in [-0.2, -0.15) is 0 Å². The minimum Gasteiger partial charge on any atom is -0.364 e. The Labute approximate surface area is 137 Å². The van der Waals surface area contributed by atoms with E-state index < -0.39 is 0 Å². The lowest BCUT2D eigenvalue weighted by Gasteiger charge is -2.30. The molecule has 4 nitrogen and oxygen atoms in total. The van der Waals surface area contributed by atoms with E-state index in [1.54, 1.807) is 11.8 Å². The molecule has 0 fully saturated rings. The first kappa shape index (κ1) is 17.0. The summed E-state index contributed by atoms with van der Waals surface area (Å²) >= 11 is 0. The number of nitrogens with zero attached hydrogens (tertiary/aromatic N) is 1. The molecule has 4 heteroatoms. The van der Waals surface area contributed by atoms with Crippen LogP contribution in [0, 0.1) is 6.92 Å². The minimum absolute atomic E-state index is 0.0793. The fourth-order valence-corrected chi connectivity index (χ4v) is 2.82. The molecule has 0 bridgehead atoms. The SMILES string of the molecule is CCC(Cc1ccccc1)N(CC)C(=O)c1c[nH]c(C)cc1=O. The lowest BCUT2D eigenvalue weighted by molar-refractivity contribution is 0.0682. The van der Waals surface area contributed by atoms with E-state index >= 15 is 0 Å². The molecular weight excluding hydrogens is 288 g/mol. The summed E-state index contributed by atoms with van der Waals surface area (Å²) in [5.74, 6) is -0.198. The summed E-state index contributed by atoms with van der Waals surface area (Å²) in [6.07, 6.45) is 3.16. The molecule has 1 aromatic carbocycles. The Morgan fingerprint density at radius 2 is 1.91 bits per heavy atom. The highest BCUT2D eigenvalue weighted by molar-refractivity contribution is 5.94. The molecule has 1 heterocycles. The number of H-pyrrole nitrogens is 1. The second-order valence-corrected chi connectivity index (χ2v) is 5.74. The number of benzene rings is 1. The van der Waals surface area contributed by atoms with Crippen molar-refractivity contribution in [3.8, 4) is 0 Å². The average molecular weight is 312 g/mol. The third-order valence-corrected chi connectivity index (χ3v) is 4.12. The summed E-state index contributed by atoms with van der Waals surface area (Å²) in [4.78, 5) is 29.7. The second-order valence-electron chi connectivity index (χ2n) is 5.74. The van der Waals surface area contributed by atoms with Crippen LogP contribution in [0.25, 0.3) is 0 Å². The van der Waals surface area contributed by atoms with Gasteiger partial charge in [0.15, 0.2) is 5.43 Å². The smallest absolute Gasteiger partial charge is 0.259 e. The molecule has 0 aliphatic heterocycles. The first-order valence-electron chi connectivity index (χ1n) is 8.11. The van der Waals surface area contributed by atoms with Gasteiger partial charge in [0.05, 0.1) is 0 Å². The highest BCUT2D eigenvalue weighted by Crippen LogP contribution is 2.14. The van der Waals surface area contributed by atoms with E-state index in [0.717, 1.165) is 18.5 Å². The topological polar surface area (TPSA) is 53.2 Å². The van der Waals surface area contributed by atoms with Crippen LogP contribution in [-0.2, 0) is 6.42 Å². The summed E-state index contributed by atoms with van der Waals surface area (Å²) in [6.45, 7) is 6.41. The van der Waals surface area contributed by atoms with Crippen LogP contribution in [-0.4, -0.2) is 28.4 Å². The van der Waals surface area contributed by atoms with Crippen molar-refractivity contribution in [1.82, 2.24) is 9.88 Å². The fraction of sp³-hybridized carbons (Fsp3) is 0.368. The quantitative estimate of drug-likeness (QED) is 0.890. The number of hydrogen-bond donors (Lipinski definition) is 1. The van der Waals surface area contributed by atoms with Gasteiger partial charge in [-0.3, -0.25) is 9.59 Å². The molecular formula is C19H24N2O2. The van der Waals surface area contributed by atoms with Gasteiger partial charge < -0.3 is 9.88 Å². The van der Waals surface area contributed by atoms with Crippen LogP contribution in [0.5, 0.6) is 0 Å². The molecule has 0 saturated carbocycles. The zero-order valence-electron chi connectivity index (χ0n) is 14.0. The highest BCUT2D eigenvalue weighted by Gasteiger charge is 2.24. The Bertz CT molecular complexity index is 707. The van der Waals surface area contributed by atoms with Crippen molar-refractivity contribution >= 4 is 5.91 Å². The number of carbonyl (C=O) groups excluding carboxylic acids is 1. The van der Waals surface area contributed by atoms with Crippen LogP contribution >= 0.6 is 0 Å². The Morgan fingerprint density at radius 1 is 1.22 bits per heavy atom. The molecule has 1 aromatic heterocycles. The van der Waals surface area contributed by atoms with Gasteiger partial charge in [-0.25, -0.2) is 0 Å². The fourth-order valence-electron chi connectivity index (χ4n) is 2.82. The summed E-state index contributed by atoms with van der Waals surface area (Å²) in [5.41, 5.74) is 1.94. The van der Waals surface area contributed by atoms with Gasteiger partial charge in [-0.05, 0) is 32.3 Å². The highest BCUT2D eigenvalue weighted by atomic mass is 16.2. The average Bonchev–Trinajstić information content (AvgIpc) is 2.55. The van der Waals surface area contributed by atoms with Crippen LogP contribution in [0.3, 0.4) is 0 Å². The Balaban J connectivity index is 2.25. The number of aromatic amines is 1. The van der Waals surface area contributed by atoms with Gasteiger partial charge in [-0.1, -0.05) is 37.3 Å². The zero-order chi connectivity index (χ0) is 16.8.